The molecule has 0 radical (unpaired) electrons. The van der Waals surface area contributed by atoms with Crippen molar-refractivity contribution in [3.05, 3.63) is 48.0 Å². The van der Waals surface area contributed by atoms with E-state index in [4.69, 9.17) is 4.74 Å². The highest BCUT2D eigenvalue weighted by Crippen LogP contribution is 2.42. The van der Waals surface area contributed by atoms with Crippen molar-refractivity contribution in [1.82, 2.24) is 0 Å². The van der Waals surface area contributed by atoms with E-state index in [-0.39, 0.29) is 11.5 Å². The van der Waals surface area contributed by atoms with Gasteiger partial charge in [0.25, 0.3) is 0 Å². The molecule has 0 aromatic rings. The van der Waals surface area contributed by atoms with Gasteiger partial charge in [0.05, 0.1) is 0 Å². The molecular weight excluding hydrogens is 544 g/mol. The lowest BCUT2D eigenvalue weighted by Crippen LogP contribution is -2.39. The third-order valence-corrected chi connectivity index (χ3v) is 4.64. The molecule has 0 aromatic heterocycles. The van der Waals surface area contributed by atoms with Gasteiger partial charge in [-0.2, -0.15) is 0 Å². The summed E-state index contributed by atoms with van der Waals surface area (Å²) >= 11 is 13.1. The Labute approximate surface area is 154 Å². The molecule has 0 aromatic carbocycles. The number of hydrogen-bond acceptors (Lipinski definition) is 5. The van der Waals surface area contributed by atoms with Crippen LogP contribution in [0.5, 0.6) is 0 Å². The van der Waals surface area contributed by atoms with Crippen LogP contribution in [0.1, 0.15) is 0 Å². The summed E-state index contributed by atoms with van der Waals surface area (Å²) in [5.41, 5.74) is 0. The molecule has 0 saturated heterocycles. The summed E-state index contributed by atoms with van der Waals surface area (Å²) in [5, 5.41) is 39.6. The van der Waals surface area contributed by atoms with Crippen LogP contribution in [0.4, 0.5) is 0 Å². The van der Waals surface area contributed by atoms with Crippen molar-refractivity contribution in [3.8, 4) is 0 Å². The fourth-order valence-electron chi connectivity index (χ4n) is 1.60. The second-order valence-corrected chi connectivity index (χ2v) is 12.0. The topological polar surface area (TPSA) is 90.2 Å². The largest absolute Gasteiger partial charge is 0.454 e. The van der Waals surface area contributed by atoms with Crippen molar-refractivity contribution in [1.29, 1.82) is 0 Å². The highest BCUT2D eigenvalue weighted by Gasteiger charge is 2.41. The van der Waals surface area contributed by atoms with E-state index in [1.807, 2.05) is 0 Å². The zero-order chi connectivity index (χ0) is 16.1. The van der Waals surface area contributed by atoms with Crippen LogP contribution in [0.2, 0.25) is 0 Å². The number of rotatable bonds is 2. The Balaban J connectivity index is 2.36. The fraction of sp³-hybridized carbons (Fsp3) is 0.333. The fourth-order valence-corrected chi connectivity index (χ4v) is 2.97. The molecule has 0 spiro atoms. The third-order valence-electron chi connectivity index (χ3n) is 2.67. The van der Waals surface area contributed by atoms with Gasteiger partial charge in [-0.15, -0.1) is 0 Å². The van der Waals surface area contributed by atoms with E-state index in [2.05, 4.69) is 63.7 Å². The summed E-state index contributed by atoms with van der Waals surface area (Å²) in [7, 11) is 0. The molecule has 2 aliphatic carbocycles. The molecule has 21 heavy (non-hydrogen) atoms. The lowest BCUT2D eigenvalue weighted by atomic mass is 10.1. The van der Waals surface area contributed by atoms with E-state index in [1.165, 1.54) is 24.3 Å². The first-order valence-electron chi connectivity index (χ1n) is 5.53. The third kappa shape index (κ3) is 4.29. The van der Waals surface area contributed by atoms with E-state index in [0.717, 1.165) is 12.2 Å². The number of aliphatic hydroxyl groups is 4. The predicted octanol–water partition coefficient (Wildman–Crippen LogP) is 2.24. The number of hydrogen-bond donors (Lipinski definition) is 4. The van der Waals surface area contributed by atoms with Gasteiger partial charge in [0.1, 0.15) is 6.47 Å². The Morgan fingerprint density at radius 3 is 1.33 bits per heavy atom. The minimum Gasteiger partial charge on any atom is -0.454 e. The van der Waals surface area contributed by atoms with Crippen molar-refractivity contribution in [2.24, 2.45) is 0 Å². The van der Waals surface area contributed by atoms with Crippen LogP contribution in [0.25, 0.3) is 0 Å². The summed E-state index contributed by atoms with van der Waals surface area (Å²) in [5.74, 6) is -5.32. The van der Waals surface area contributed by atoms with Crippen LogP contribution in [0.3, 0.4) is 0 Å². The number of allylic oxidation sites excluding steroid dienone is 4. The molecule has 0 saturated carbocycles. The summed E-state index contributed by atoms with van der Waals surface area (Å²) in [6.07, 6.45) is 7.78. The Morgan fingerprint density at radius 2 is 1.00 bits per heavy atom. The lowest BCUT2D eigenvalue weighted by Gasteiger charge is -2.33. The Hall–Kier alpha value is 0.520. The molecule has 0 atom stereocenters. The van der Waals surface area contributed by atoms with Gasteiger partial charge in [-0.25, -0.2) is 0 Å². The molecule has 0 heterocycles. The molecule has 0 bridgehead atoms. The Bertz CT molecular complexity index is 522. The minimum absolute atomic E-state index is 0.288. The van der Waals surface area contributed by atoms with Crippen LogP contribution in [0, 0.1) is 0 Å². The van der Waals surface area contributed by atoms with Gasteiger partial charge < -0.3 is 25.2 Å². The highest BCUT2D eigenvalue weighted by molar-refractivity contribution is 9.26. The molecule has 0 unspecified atom stereocenters. The minimum atomic E-state index is -2.37. The number of alkyl halides is 4. The first kappa shape index (κ1) is 17.9. The SMILES string of the molecule is OC1(O)C=CC(Br)(Br)C=C1OC1=CC(Br)(Br)C=CC1(O)O. The van der Waals surface area contributed by atoms with E-state index >= 15 is 0 Å². The average Bonchev–Trinajstić information content (AvgIpc) is 2.30. The normalized spacial score (nSPS) is 27.8. The lowest BCUT2D eigenvalue weighted by molar-refractivity contribution is -0.146. The maximum absolute atomic E-state index is 9.90. The monoisotopic (exact) mass is 550 g/mol. The van der Waals surface area contributed by atoms with Crippen molar-refractivity contribution >= 4 is 63.7 Å². The van der Waals surface area contributed by atoms with Crippen molar-refractivity contribution in [2.45, 2.75) is 18.0 Å². The maximum atomic E-state index is 9.90. The molecule has 0 aliphatic heterocycles. The van der Waals surface area contributed by atoms with E-state index in [1.54, 1.807) is 0 Å². The van der Waals surface area contributed by atoms with Crippen LogP contribution in [-0.4, -0.2) is 38.5 Å². The molecule has 2 rings (SSSR count). The van der Waals surface area contributed by atoms with Crippen LogP contribution in [0.15, 0.2) is 48.0 Å². The summed E-state index contributed by atoms with van der Waals surface area (Å²) < 4.78 is 3.67. The van der Waals surface area contributed by atoms with Crippen LogP contribution in [-0.2, 0) is 4.74 Å². The zero-order valence-corrected chi connectivity index (χ0v) is 16.5. The van der Waals surface area contributed by atoms with E-state index < -0.39 is 18.0 Å². The standard InChI is InChI=1S/C12H10Br4O5/c13-9(14)1-3-11(17,18)7(5-9)21-8-6-10(15,16)2-4-12(8,19)20/h1-6,17-20H. The number of ether oxygens (including phenoxy) is 1. The molecule has 4 N–H and O–H groups in total. The van der Waals surface area contributed by atoms with Gasteiger partial charge in [0.15, 0.2) is 11.5 Å². The van der Waals surface area contributed by atoms with Crippen molar-refractivity contribution in [2.75, 3.05) is 0 Å². The average molecular weight is 554 g/mol. The Morgan fingerprint density at radius 1 is 0.667 bits per heavy atom. The summed E-state index contributed by atoms with van der Waals surface area (Å²) in [4.78, 5) is 0. The van der Waals surface area contributed by atoms with E-state index in [0.29, 0.717) is 0 Å². The van der Waals surface area contributed by atoms with Gasteiger partial charge in [0, 0.05) is 0 Å². The highest BCUT2D eigenvalue weighted by atomic mass is 79.9. The maximum Gasteiger partial charge on any atom is 0.243 e. The molecule has 0 amide bonds. The molecule has 116 valence electrons. The van der Waals surface area contributed by atoms with Crippen molar-refractivity contribution in [3.63, 3.8) is 0 Å². The van der Waals surface area contributed by atoms with Gasteiger partial charge in [0.2, 0.25) is 11.6 Å². The van der Waals surface area contributed by atoms with Gasteiger partial charge in [-0.3, -0.25) is 0 Å². The predicted molar refractivity (Wildman–Crippen MR) is 91.0 cm³/mol. The smallest absolute Gasteiger partial charge is 0.243 e. The van der Waals surface area contributed by atoms with Crippen LogP contribution < -0.4 is 0 Å². The zero-order valence-electron chi connectivity index (χ0n) is 10.2. The van der Waals surface area contributed by atoms with Gasteiger partial charge >= 0.3 is 0 Å². The van der Waals surface area contributed by atoms with Crippen molar-refractivity contribution < 1.29 is 25.2 Å². The first-order chi connectivity index (χ1) is 9.33. The first-order valence-corrected chi connectivity index (χ1v) is 8.71. The second-order valence-electron chi connectivity index (χ2n) is 4.59. The quantitative estimate of drug-likeness (QED) is 0.239. The summed E-state index contributed by atoms with van der Waals surface area (Å²) in [6.45, 7) is 0. The molecule has 5 nitrogen and oxygen atoms in total. The van der Waals surface area contributed by atoms with Gasteiger partial charge in [-0.1, -0.05) is 75.9 Å². The molecule has 2 aliphatic rings. The Kier molecular flexibility index (Phi) is 4.73. The molecule has 9 heteroatoms. The van der Waals surface area contributed by atoms with Crippen LogP contribution >= 0.6 is 63.7 Å². The van der Waals surface area contributed by atoms with E-state index in [9.17, 15) is 20.4 Å². The molecular formula is C12H10Br4O5. The summed E-state index contributed by atoms with van der Waals surface area (Å²) in [6, 6.07) is 0. The van der Waals surface area contributed by atoms with Gasteiger partial charge in [-0.05, 0) is 24.3 Å². The number of halogens is 4. The molecule has 0 fully saturated rings. The second kappa shape index (κ2) is 5.55.